The first kappa shape index (κ1) is 19.2. The second-order valence-electron chi connectivity index (χ2n) is 7.96. The minimum absolute atomic E-state index is 0.147. The van der Waals surface area contributed by atoms with Crippen LogP contribution in [0.15, 0.2) is 17.1 Å². The fourth-order valence-electron chi connectivity index (χ4n) is 3.27. The Bertz CT molecular complexity index is 598. The maximum atomic E-state index is 11.6. The SMILES string of the molecule is C=C(C)CN=C(NCC1CCS(=O)(=O)C1)N1CCC(O)C(C)(C)C1. The van der Waals surface area contributed by atoms with E-state index in [0.717, 1.165) is 24.6 Å². The Hall–Kier alpha value is -1.08. The van der Waals surface area contributed by atoms with Gasteiger partial charge < -0.3 is 15.3 Å². The molecule has 0 amide bonds. The number of aliphatic imine (C=N–C) groups is 1. The number of guanidine groups is 1. The van der Waals surface area contributed by atoms with Crippen molar-refractivity contribution in [2.45, 2.75) is 39.7 Å². The van der Waals surface area contributed by atoms with Crippen molar-refractivity contribution in [2.24, 2.45) is 16.3 Å². The summed E-state index contributed by atoms with van der Waals surface area (Å²) in [6, 6.07) is 0. The molecular weight excluding hydrogens is 326 g/mol. The molecule has 2 aliphatic heterocycles. The highest BCUT2D eigenvalue weighted by Gasteiger charge is 2.36. The van der Waals surface area contributed by atoms with E-state index < -0.39 is 9.84 Å². The number of rotatable bonds is 4. The van der Waals surface area contributed by atoms with Crippen LogP contribution in [0.1, 0.15) is 33.6 Å². The summed E-state index contributed by atoms with van der Waals surface area (Å²) in [6.45, 7) is 12.6. The third kappa shape index (κ3) is 5.21. The summed E-state index contributed by atoms with van der Waals surface area (Å²) in [4.78, 5) is 6.80. The molecule has 2 fully saturated rings. The summed E-state index contributed by atoms with van der Waals surface area (Å²) in [5, 5.41) is 13.5. The topological polar surface area (TPSA) is 82.0 Å². The quantitative estimate of drug-likeness (QED) is 0.446. The first-order valence-electron chi connectivity index (χ1n) is 8.65. The predicted octanol–water partition coefficient (Wildman–Crippen LogP) is 1.04. The van der Waals surface area contributed by atoms with Crippen LogP contribution in [0, 0.1) is 11.3 Å². The van der Waals surface area contributed by atoms with Crippen LogP contribution in [0.5, 0.6) is 0 Å². The van der Waals surface area contributed by atoms with Crippen LogP contribution in [0.25, 0.3) is 0 Å². The maximum Gasteiger partial charge on any atom is 0.194 e. The molecule has 2 N–H and O–H groups in total. The minimum atomic E-state index is -2.86. The summed E-state index contributed by atoms with van der Waals surface area (Å²) in [7, 11) is -2.86. The van der Waals surface area contributed by atoms with Gasteiger partial charge in [-0.1, -0.05) is 26.0 Å². The molecule has 2 unspecified atom stereocenters. The van der Waals surface area contributed by atoms with Crippen LogP contribution in [-0.2, 0) is 9.84 Å². The zero-order valence-electron chi connectivity index (χ0n) is 15.1. The van der Waals surface area contributed by atoms with Gasteiger partial charge in [-0.2, -0.15) is 0 Å². The second kappa shape index (κ2) is 7.44. The van der Waals surface area contributed by atoms with Gasteiger partial charge in [-0.25, -0.2) is 13.4 Å². The third-order valence-electron chi connectivity index (χ3n) is 4.85. The van der Waals surface area contributed by atoms with Gasteiger partial charge in [-0.15, -0.1) is 0 Å². The third-order valence-corrected chi connectivity index (χ3v) is 6.68. The molecule has 7 heteroatoms. The van der Waals surface area contributed by atoms with Gasteiger partial charge in [-0.3, -0.25) is 0 Å². The van der Waals surface area contributed by atoms with Gasteiger partial charge in [0, 0.05) is 25.0 Å². The first-order chi connectivity index (χ1) is 11.1. The maximum absolute atomic E-state index is 11.6. The van der Waals surface area contributed by atoms with Crippen molar-refractivity contribution >= 4 is 15.8 Å². The fraction of sp³-hybridized carbons (Fsp3) is 0.824. The van der Waals surface area contributed by atoms with Gasteiger partial charge in [0.15, 0.2) is 15.8 Å². The molecule has 6 nitrogen and oxygen atoms in total. The van der Waals surface area contributed by atoms with Crippen LogP contribution >= 0.6 is 0 Å². The van der Waals surface area contributed by atoms with E-state index in [1.807, 2.05) is 6.92 Å². The molecule has 2 heterocycles. The number of aliphatic hydroxyl groups excluding tert-OH is 1. The monoisotopic (exact) mass is 357 g/mol. The molecule has 0 aliphatic carbocycles. The highest BCUT2D eigenvalue weighted by molar-refractivity contribution is 7.91. The molecule has 138 valence electrons. The molecule has 2 aliphatic rings. The molecule has 0 aromatic carbocycles. The standard InChI is InChI=1S/C17H31N3O3S/c1-13(2)9-18-16(19-10-14-6-8-24(22,23)11-14)20-7-5-15(21)17(3,4)12-20/h14-15,21H,1,5-12H2,2-4H3,(H,18,19). The average molecular weight is 358 g/mol. The van der Waals surface area contributed by atoms with E-state index in [-0.39, 0.29) is 23.2 Å². The summed E-state index contributed by atoms with van der Waals surface area (Å²) in [5.74, 6) is 1.49. The van der Waals surface area contributed by atoms with E-state index in [1.165, 1.54) is 0 Å². The summed E-state index contributed by atoms with van der Waals surface area (Å²) >= 11 is 0. The molecular formula is C17H31N3O3S. The summed E-state index contributed by atoms with van der Waals surface area (Å²) in [6.07, 6.45) is 1.11. The van der Waals surface area contributed by atoms with Crippen molar-refractivity contribution in [1.82, 2.24) is 10.2 Å². The lowest BCUT2D eigenvalue weighted by Crippen LogP contribution is -2.54. The second-order valence-corrected chi connectivity index (χ2v) is 10.2. The van der Waals surface area contributed by atoms with Crippen LogP contribution in [-0.4, -0.2) is 68.2 Å². The number of nitrogens with zero attached hydrogens (tertiary/aromatic N) is 2. The van der Waals surface area contributed by atoms with Gasteiger partial charge in [0.25, 0.3) is 0 Å². The zero-order valence-corrected chi connectivity index (χ0v) is 15.9. The van der Waals surface area contributed by atoms with E-state index in [1.54, 1.807) is 0 Å². The number of piperidine rings is 1. The van der Waals surface area contributed by atoms with Crippen molar-refractivity contribution in [1.29, 1.82) is 0 Å². The Kier molecular flexibility index (Phi) is 5.96. The van der Waals surface area contributed by atoms with E-state index in [0.29, 0.717) is 31.7 Å². The Morgan fingerprint density at radius 1 is 1.42 bits per heavy atom. The van der Waals surface area contributed by atoms with Crippen molar-refractivity contribution in [3.63, 3.8) is 0 Å². The van der Waals surface area contributed by atoms with Gasteiger partial charge >= 0.3 is 0 Å². The molecule has 2 rings (SSSR count). The molecule has 2 saturated heterocycles. The van der Waals surface area contributed by atoms with E-state index in [9.17, 15) is 13.5 Å². The lowest BCUT2D eigenvalue weighted by atomic mass is 9.81. The van der Waals surface area contributed by atoms with Gasteiger partial charge in [0.2, 0.25) is 0 Å². The normalized spacial score (nSPS) is 29.5. The van der Waals surface area contributed by atoms with Gasteiger partial charge in [0.05, 0.1) is 24.2 Å². The van der Waals surface area contributed by atoms with Crippen LogP contribution in [0.3, 0.4) is 0 Å². The minimum Gasteiger partial charge on any atom is -0.392 e. The van der Waals surface area contributed by atoms with Crippen LogP contribution in [0.2, 0.25) is 0 Å². The Morgan fingerprint density at radius 3 is 2.67 bits per heavy atom. The molecule has 0 spiro atoms. The molecule has 0 aromatic heterocycles. The Labute approximate surface area is 146 Å². The van der Waals surface area contributed by atoms with Gasteiger partial charge in [0.1, 0.15) is 0 Å². The smallest absolute Gasteiger partial charge is 0.194 e. The fourth-order valence-corrected chi connectivity index (χ4v) is 5.13. The number of hydrogen-bond acceptors (Lipinski definition) is 4. The highest BCUT2D eigenvalue weighted by Crippen LogP contribution is 2.29. The van der Waals surface area contributed by atoms with E-state index >= 15 is 0 Å². The van der Waals surface area contributed by atoms with Crippen molar-refractivity contribution in [2.75, 3.05) is 37.7 Å². The molecule has 0 bridgehead atoms. The highest BCUT2D eigenvalue weighted by atomic mass is 32.2. The Balaban J connectivity index is 2.02. The molecule has 2 atom stereocenters. The van der Waals surface area contributed by atoms with Gasteiger partial charge in [-0.05, 0) is 25.7 Å². The largest absolute Gasteiger partial charge is 0.392 e. The van der Waals surface area contributed by atoms with Crippen LogP contribution < -0.4 is 5.32 Å². The number of aliphatic hydroxyl groups is 1. The molecule has 24 heavy (non-hydrogen) atoms. The molecule has 0 aromatic rings. The number of likely N-dealkylation sites (tertiary alicyclic amines) is 1. The van der Waals surface area contributed by atoms with E-state index in [4.69, 9.17) is 0 Å². The van der Waals surface area contributed by atoms with Crippen LogP contribution in [0.4, 0.5) is 0 Å². The van der Waals surface area contributed by atoms with E-state index in [2.05, 4.69) is 35.6 Å². The summed E-state index contributed by atoms with van der Waals surface area (Å²) < 4.78 is 23.2. The number of hydrogen-bond donors (Lipinski definition) is 2. The number of sulfone groups is 1. The van der Waals surface area contributed by atoms with Crippen molar-refractivity contribution in [3.8, 4) is 0 Å². The first-order valence-corrected chi connectivity index (χ1v) is 10.5. The lowest BCUT2D eigenvalue weighted by Gasteiger charge is -2.43. The number of nitrogens with one attached hydrogen (secondary N) is 1. The van der Waals surface area contributed by atoms with Crippen molar-refractivity contribution in [3.05, 3.63) is 12.2 Å². The molecule has 0 radical (unpaired) electrons. The molecule has 0 saturated carbocycles. The lowest BCUT2D eigenvalue weighted by molar-refractivity contribution is -0.00505. The average Bonchev–Trinajstić information content (AvgIpc) is 2.81. The summed E-state index contributed by atoms with van der Waals surface area (Å²) in [5.41, 5.74) is 0.787. The Morgan fingerprint density at radius 2 is 2.12 bits per heavy atom. The van der Waals surface area contributed by atoms with Crippen molar-refractivity contribution < 1.29 is 13.5 Å². The zero-order chi connectivity index (χ0) is 18.0. The predicted molar refractivity (Wildman–Crippen MR) is 97.9 cm³/mol.